The number of benzene rings is 1. The molecule has 0 fully saturated rings. The SMILES string of the molecule is CC(C)NC(=O)NC(=O)[C@H](C)OC(=O)/C=C/c1ccc(OC(F)F)cc1. The first-order chi connectivity index (χ1) is 12.2. The molecule has 0 aromatic heterocycles. The van der Waals surface area contributed by atoms with E-state index in [4.69, 9.17) is 4.74 Å². The third-order valence-corrected chi connectivity index (χ3v) is 2.84. The molecular formula is C17H20F2N2O5. The second kappa shape index (κ2) is 10.1. The fourth-order valence-electron chi connectivity index (χ4n) is 1.70. The summed E-state index contributed by atoms with van der Waals surface area (Å²) in [4.78, 5) is 34.8. The number of esters is 1. The van der Waals surface area contributed by atoms with Gasteiger partial charge in [0.25, 0.3) is 5.91 Å². The van der Waals surface area contributed by atoms with Gasteiger partial charge in [-0.15, -0.1) is 0 Å². The molecule has 1 rings (SSSR count). The van der Waals surface area contributed by atoms with Gasteiger partial charge in [-0.3, -0.25) is 10.1 Å². The third-order valence-electron chi connectivity index (χ3n) is 2.84. The highest BCUT2D eigenvalue weighted by atomic mass is 19.3. The number of hydrogen-bond donors (Lipinski definition) is 2. The Balaban J connectivity index is 2.50. The Morgan fingerprint density at radius 1 is 1.08 bits per heavy atom. The molecule has 0 aliphatic rings. The molecule has 2 N–H and O–H groups in total. The van der Waals surface area contributed by atoms with Gasteiger partial charge in [0.05, 0.1) is 0 Å². The van der Waals surface area contributed by atoms with Crippen LogP contribution in [0.1, 0.15) is 26.3 Å². The molecule has 0 aliphatic heterocycles. The number of alkyl halides is 2. The molecular weight excluding hydrogens is 350 g/mol. The highest BCUT2D eigenvalue weighted by molar-refractivity contribution is 5.98. The van der Waals surface area contributed by atoms with E-state index in [1.807, 2.05) is 5.32 Å². The lowest BCUT2D eigenvalue weighted by molar-refractivity contribution is -0.149. The smallest absolute Gasteiger partial charge is 0.387 e. The second-order valence-corrected chi connectivity index (χ2v) is 5.48. The molecule has 0 heterocycles. The largest absolute Gasteiger partial charge is 0.449 e. The molecule has 9 heteroatoms. The summed E-state index contributed by atoms with van der Waals surface area (Å²) < 4.78 is 33.2. The van der Waals surface area contributed by atoms with Crippen molar-refractivity contribution in [2.24, 2.45) is 0 Å². The van der Waals surface area contributed by atoms with Crippen molar-refractivity contribution in [2.45, 2.75) is 39.5 Å². The van der Waals surface area contributed by atoms with Gasteiger partial charge < -0.3 is 14.8 Å². The number of amides is 3. The highest BCUT2D eigenvalue weighted by Gasteiger charge is 2.19. The van der Waals surface area contributed by atoms with Crippen LogP contribution in [-0.4, -0.2) is 36.7 Å². The number of carbonyl (C=O) groups excluding carboxylic acids is 3. The third kappa shape index (κ3) is 8.22. The number of imide groups is 1. The number of urea groups is 1. The van der Waals surface area contributed by atoms with E-state index in [-0.39, 0.29) is 11.8 Å². The number of rotatable bonds is 7. The number of carbonyl (C=O) groups is 3. The minimum Gasteiger partial charge on any atom is -0.449 e. The van der Waals surface area contributed by atoms with Gasteiger partial charge in [-0.25, -0.2) is 9.59 Å². The summed E-state index contributed by atoms with van der Waals surface area (Å²) in [6.45, 7) is 1.86. The van der Waals surface area contributed by atoms with Gasteiger partial charge in [0, 0.05) is 12.1 Å². The van der Waals surface area contributed by atoms with Gasteiger partial charge in [0.15, 0.2) is 6.10 Å². The van der Waals surface area contributed by atoms with Crippen LogP contribution in [0.5, 0.6) is 5.75 Å². The Labute approximate surface area is 149 Å². The lowest BCUT2D eigenvalue weighted by atomic mass is 10.2. The summed E-state index contributed by atoms with van der Waals surface area (Å²) >= 11 is 0. The Morgan fingerprint density at radius 3 is 2.23 bits per heavy atom. The molecule has 0 radical (unpaired) electrons. The Bertz CT molecular complexity index is 660. The maximum atomic E-state index is 12.0. The first kappa shape index (κ1) is 21.1. The second-order valence-electron chi connectivity index (χ2n) is 5.48. The van der Waals surface area contributed by atoms with Crippen molar-refractivity contribution < 1.29 is 32.6 Å². The molecule has 7 nitrogen and oxygen atoms in total. The Hall–Kier alpha value is -2.97. The monoisotopic (exact) mass is 370 g/mol. The van der Waals surface area contributed by atoms with Crippen molar-refractivity contribution in [3.05, 3.63) is 35.9 Å². The average Bonchev–Trinajstić information content (AvgIpc) is 2.52. The van der Waals surface area contributed by atoms with Crippen LogP contribution >= 0.6 is 0 Å². The predicted octanol–water partition coefficient (Wildman–Crippen LogP) is 2.47. The number of halogens is 2. The maximum absolute atomic E-state index is 12.0. The van der Waals surface area contributed by atoms with E-state index in [2.05, 4.69) is 10.1 Å². The molecule has 0 saturated carbocycles. The standard InChI is InChI=1S/C17H20F2N2O5/c1-10(2)20-17(24)21-15(23)11(3)25-14(22)9-6-12-4-7-13(8-5-12)26-16(18)19/h4-11,16H,1-3H3,(H2,20,21,23,24)/b9-6+/t11-/m0/s1. The van der Waals surface area contributed by atoms with Crippen molar-refractivity contribution in [3.8, 4) is 5.75 Å². The molecule has 26 heavy (non-hydrogen) atoms. The van der Waals surface area contributed by atoms with E-state index in [9.17, 15) is 23.2 Å². The summed E-state index contributed by atoms with van der Waals surface area (Å²) in [7, 11) is 0. The number of nitrogens with one attached hydrogen (secondary N) is 2. The van der Waals surface area contributed by atoms with Gasteiger partial charge in [0.1, 0.15) is 5.75 Å². The zero-order chi connectivity index (χ0) is 19.7. The van der Waals surface area contributed by atoms with Crippen LogP contribution in [0.15, 0.2) is 30.3 Å². The van der Waals surface area contributed by atoms with E-state index >= 15 is 0 Å². The molecule has 142 valence electrons. The van der Waals surface area contributed by atoms with E-state index in [1.165, 1.54) is 37.3 Å². The molecule has 1 atom stereocenters. The Morgan fingerprint density at radius 2 is 1.69 bits per heavy atom. The van der Waals surface area contributed by atoms with E-state index in [0.29, 0.717) is 5.56 Å². The summed E-state index contributed by atoms with van der Waals surface area (Å²) in [6.07, 6.45) is 1.28. The molecule has 3 amide bonds. The van der Waals surface area contributed by atoms with Gasteiger partial charge in [0.2, 0.25) is 0 Å². The summed E-state index contributed by atoms with van der Waals surface area (Å²) in [5, 5.41) is 4.51. The van der Waals surface area contributed by atoms with Crippen molar-refractivity contribution in [3.63, 3.8) is 0 Å². The van der Waals surface area contributed by atoms with Crippen LogP contribution in [0.2, 0.25) is 0 Å². The lowest BCUT2D eigenvalue weighted by Gasteiger charge is -2.13. The molecule has 1 aromatic carbocycles. The number of hydrogen-bond acceptors (Lipinski definition) is 5. The van der Waals surface area contributed by atoms with Gasteiger partial charge in [-0.05, 0) is 44.5 Å². The van der Waals surface area contributed by atoms with Crippen LogP contribution in [-0.2, 0) is 14.3 Å². The molecule has 0 spiro atoms. The van der Waals surface area contributed by atoms with Crippen LogP contribution in [0.4, 0.5) is 13.6 Å². The average molecular weight is 370 g/mol. The highest BCUT2D eigenvalue weighted by Crippen LogP contribution is 2.15. The predicted molar refractivity (Wildman–Crippen MR) is 89.5 cm³/mol. The molecule has 0 unspecified atom stereocenters. The quantitative estimate of drug-likeness (QED) is 0.568. The normalized spacial score (nSPS) is 12.1. The zero-order valence-corrected chi connectivity index (χ0v) is 14.5. The van der Waals surface area contributed by atoms with Crippen molar-refractivity contribution in [1.82, 2.24) is 10.6 Å². The topological polar surface area (TPSA) is 93.7 Å². The number of ether oxygens (including phenoxy) is 2. The van der Waals surface area contributed by atoms with Crippen molar-refractivity contribution in [2.75, 3.05) is 0 Å². The summed E-state index contributed by atoms with van der Waals surface area (Å²) in [5.41, 5.74) is 0.539. The van der Waals surface area contributed by atoms with Gasteiger partial charge in [-0.2, -0.15) is 8.78 Å². The fraction of sp³-hybridized carbons (Fsp3) is 0.353. The van der Waals surface area contributed by atoms with E-state index in [1.54, 1.807) is 13.8 Å². The molecule has 1 aromatic rings. The maximum Gasteiger partial charge on any atom is 0.387 e. The van der Waals surface area contributed by atoms with Crippen molar-refractivity contribution >= 4 is 24.0 Å². The molecule has 0 aliphatic carbocycles. The molecule has 0 saturated heterocycles. The minimum atomic E-state index is -2.92. The van der Waals surface area contributed by atoms with Gasteiger partial charge >= 0.3 is 18.6 Å². The van der Waals surface area contributed by atoms with Gasteiger partial charge in [-0.1, -0.05) is 12.1 Å². The fourth-order valence-corrected chi connectivity index (χ4v) is 1.70. The summed E-state index contributed by atoms with van der Waals surface area (Å²) in [5.74, 6) is -1.58. The molecule has 0 bridgehead atoms. The minimum absolute atomic E-state index is 0.00954. The van der Waals surface area contributed by atoms with Crippen LogP contribution < -0.4 is 15.4 Å². The summed E-state index contributed by atoms with van der Waals surface area (Å²) in [6, 6.07) is 4.73. The van der Waals surface area contributed by atoms with E-state index < -0.39 is 30.6 Å². The first-order valence-corrected chi connectivity index (χ1v) is 7.72. The van der Waals surface area contributed by atoms with Crippen molar-refractivity contribution in [1.29, 1.82) is 0 Å². The van der Waals surface area contributed by atoms with E-state index in [0.717, 1.165) is 6.08 Å². The lowest BCUT2D eigenvalue weighted by Crippen LogP contribution is -2.46. The van der Waals surface area contributed by atoms with Crippen LogP contribution in [0.25, 0.3) is 6.08 Å². The first-order valence-electron chi connectivity index (χ1n) is 7.72. The van der Waals surface area contributed by atoms with Crippen LogP contribution in [0, 0.1) is 0 Å². The zero-order valence-electron chi connectivity index (χ0n) is 14.5. The Kier molecular flexibility index (Phi) is 8.20. The van der Waals surface area contributed by atoms with Crippen LogP contribution in [0.3, 0.4) is 0 Å².